The average Bonchev–Trinajstić information content (AvgIpc) is 1.86. The molecule has 0 unspecified atom stereocenters. The lowest BCUT2D eigenvalue weighted by Crippen LogP contribution is -2.02. The minimum absolute atomic E-state index is 0.00722. The van der Waals surface area contributed by atoms with E-state index in [4.69, 9.17) is 10.1 Å². The van der Waals surface area contributed by atoms with Crippen molar-refractivity contribution in [1.82, 2.24) is 0 Å². The Kier molecular flexibility index (Phi) is 4.20. The van der Waals surface area contributed by atoms with Crippen molar-refractivity contribution in [3.05, 3.63) is 11.8 Å². The predicted octanol–water partition coefficient (Wildman–Crippen LogP) is 1.14. The molecule has 0 fully saturated rings. The third-order valence-corrected chi connectivity index (χ3v) is 0.746. The summed E-state index contributed by atoms with van der Waals surface area (Å²) in [7, 11) is 0. The molecule has 0 aromatic heterocycles. The van der Waals surface area contributed by atoms with Gasteiger partial charge in [-0.1, -0.05) is 0 Å². The standard InChI is InChI=1S/C7H11NO2/c1-6(2)10-7(5-8)3-4-9/h3-6,8H,1-2H3/b7-3+,8-5?. The second kappa shape index (κ2) is 4.73. The molecule has 0 bridgehead atoms. The van der Waals surface area contributed by atoms with Crippen LogP contribution in [0.1, 0.15) is 13.8 Å². The lowest BCUT2D eigenvalue weighted by molar-refractivity contribution is -0.104. The number of allylic oxidation sites excluding steroid dienone is 2. The molecular formula is C7H11NO2. The molecule has 0 aliphatic rings. The van der Waals surface area contributed by atoms with E-state index in [2.05, 4.69) is 0 Å². The fraction of sp³-hybridized carbons (Fsp3) is 0.429. The Bertz CT molecular complexity index is 150. The molecule has 0 aliphatic carbocycles. The minimum atomic E-state index is 0.00722. The van der Waals surface area contributed by atoms with Crippen LogP contribution in [0.2, 0.25) is 0 Å². The molecule has 0 aromatic carbocycles. The molecule has 0 radical (unpaired) electrons. The number of nitrogens with one attached hydrogen (secondary N) is 1. The van der Waals surface area contributed by atoms with Gasteiger partial charge in [-0.25, -0.2) is 0 Å². The summed E-state index contributed by atoms with van der Waals surface area (Å²) in [5, 5.41) is 6.78. The fourth-order valence-corrected chi connectivity index (χ4v) is 0.461. The SMILES string of the molecule is CC(C)O/C(C=N)=C/C=O. The average molecular weight is 141 g/mol. The Balaban J connectivity index is 3.95. The van der Waals surface area contributed by atoms with Gasteiger partial charge in [0, 0.05) is 6.08 Å². The Morgan fingerprint density at radius 3 is 2.50 bits per heavy atom. The number of hydrogen-bond donors (Lipinski definition) is 1. The van der Waals surface area contributed by atoms with Gasteiger partial charge >= 0.3 is 0 Å². The van der Waals surface area contributed by atoms with Crippen LogP contribution in [0.3, 0.4) is 0 Å². The van der Waals surface area contributed by atoms with Crippen LogP contribution in [0.25, 0.3) is 0 Å². The highest BCUT2D eigenvalue weighted by molar-refractivity contribution is 5.80. The zero-order valence-corrected chi connectivity index (χ0v) is 6.13. The molecule has 0 rings (SSSR count). The van der Waals surface area contributed by atoms with E-state index >= 15 is 0 Å². The van der Waals surface area contributed by atoms with Gasteiger partial charge in [-0.05, 0) is 13.8 Å². The van der Waals surface area contributed by atoms with Crippen molar-refractivity contribution < 1.29 is 9.53 Å². The Labute approximate surface area is 60.2 Å². The molecule has 3 heteroatoms. The van der Waals surface area contributed by atoms with E-state index in [0.717, 1.165) is 6.21 Å². The molecule has 3 nitrogen and oxygen atoms in total. The summed E-state index contributed by atoms with van der Waals surface area (Å²) >= 11 is 0. The van der Waals surface area contributed by atoms with Crippen molar-refractivity contribution in [2.24, 2.45) is 0 Å². The Morgan fingerprint density at radius 1 is 1.60 bits per heavy atom. The number of carbonyl (C=O) groups excluding carboxylic acids is 1. The highest BCUT2D eigenvalue weighted by Crippen LogP contribution is 1.97. The number of ether oxygens (including phenoxy) is 1. The Hall–Kier alpha value is -1.12. The van der Waals surface area contributed by atoms with Gasteiger partial charge in [0.15, 0.2) is 0 Å². The smallest absolute Gasteiger partial charge is 0.146 e. The maximum absolute atomic E-state index is 9.90. The molecule has 0 aromatic rings. The monoisotopic (exact) mass is 141 g/mol. The first-order valence-corrected chi connectivity index (χ1v) is 3.03. The maximum atomic E-state index is 9.90. The normalized spacial score (nSPS) is 11.3. The van der Waals surface area contributed by atoms with Gasteiger partial charge in [-0.15, -0.1) is 0 Å². The van der Waals surface area contributed by atoms with Gasteiger partial charge in [-0.3, -0.25) is 4.79 Å². The molecule has 0 atom stereocenters. The predicted molar refractivity (Wildman–Crippen MR) is 39.2 cm³/mol. The van der Waals surface area contributed by atoms with E-state index in [-0.39, 0.29) is 6.10 Å². The van der Waals surface area contributed by atoms with E-state index in [9.17, 15) is 4.79 Å². The molecule has 1 N–H and O–H groups in total. The molecule has 0 aliphatic heterocycles. The molecule has 0 heterocycles. The molecule has 0 saturated heterocycles. The van der Waals surface area contributed by atoms with Gasteiger partial charge in [0.2, 0.25) is 0 Å². The number of carbonyl (C=O) groups is 1. The lowest BCUT2D eigenvalue weighted by Gasteiger charge is -2.07. The van der Waals surface area contributed by atoms with Gasteiger partial charge in [0.25, 0.3) is 0 Å². The summed E-state index contributed by atoms with van der Waals surface area (Å²) in [6, 6.07) is 0. The largest absolute Gasteiger partial charge is 0.489 e. The zero-order valence-electron chi connectivity index (χ0n) is 6.13. The quantitative estimate of drug-likeness (QED) is 0.276. The first kappa shape index (κ1) is 8.88. The second-order valence-electron chi connectivity index (χ2n) is 2.02. The van der Waals surface area contributed by atoms with Crippen molar-refractivity contribution in [2.75, 3.05) is 0 Å². The fourth-order valence-electron chi connectivity index (χ4n) is 0.461. The highest BCUT2D eigenvalue weighted by Gasteiger charge is 1.95. The summed E-state index contributed by atoms with van der Waals surface area (Å²) in [4.78, 5) is 9.90. The van der Waals surface area contributed by atoms with E-state index in [1.54, 1.807) is 0 Å². The van der Waals surface area contributed by atoms with Gasteiger partial charge in [-0.2, -0.15) is 0 Å². The summed E-state index contributed by atoms with van der Waals surface area (Å²) in [6.45, 7) is 3.67. The van der Waals surface area contributed by atoms with Crippen molar-refractivity contribution in [2.45, 2.75) is 20.0 Å². The van der Waals surface area contributed by atoms with E-state index < -0.39 is 0 Å². The van der Waals surface area contributed by atoms with Crippen LogP contribution in [-0.4, -0.2) is 18.6 Å². The lowest BCUT2D eigenvalue weighted by atomic mass is 10.4. The first-order chi connectivity index (χ1) is 4.70. The maximum Gasteiger partial charge on any atom is 0.146 e. The van der Waals surface area contributed by atoms with Crippen molar-refractivity contribution in [3.8, 4) is 0 Å². The molecule has 0 saturated carbocycles. The van der Waals surface area contributed by atoms with E-state index in [1.807, 2.05) is 13.8 Å². The van der Waals surface area contributed by atoms with Crippen molar-refractivity contribution in [1.29, 1.82) is 5.41 Å². The van der Waals surface area contributed by atoms with Crippen molar-refractivity contribution in [3.63, 3.8) is 0 Å². The summed E-state index contributed by atoms with van der Waals surface area (Å²) in [6.07, 6.45) is 2.83. The molecule has 56 valence electrons. The van der Waals surface area contributed by atoms with E-state index in [1.165, 1.54) is 6.08 Å². The van der Waals surface area contributed by atoms with Gasteiger partial charge in [0.1, 0.15) is 12.0 Å². The van der Waals surface area contributed by atoms with Crippen LogP contribution in [0.4, 0.5) is 0 Å². The number of rotatable bonds is 4. The third-order valence-electron chi connectivity index (χ3n) is 0.746. The zero-order chi connectivity index (χ0) is 7.98. The van der Waals surface area contributed by atoms with Crippen molar-refractivity contribution >= 4 is 12.5 Å². The van der Waals surface area contributed by atoms with Gasteiger partial charge in [0.05, 0.1) is 12.3 Å². The van der Waals surface area contributed by atoms with Crippen LogP contribution in [-0.2, 0) is 9.53 Å². The topological polar surface area (TPSA) is 50.1 Å². The van der Waals surface area contributed by atoms with Crippen LogP contribution < -0.4 is 0 Å². The summed E-state index contributed by atoms with van der Waals surface area (Å²) in [5.74, 6) is 0.296. The number of aldehydes is 1. The van der Waals surface area contributed by atoms with Crippen LogP contribution >= 0.6 is 0 Å². The molecule has 10 heavy (non-hydrogen) atoms. The Morgan fingerprint density at radius 2 is 2.20 bits per heavy atom. The third kappa shape index (κ3) is 3.83. The van der Waals surface area contributed by atoms with Gasteiger partial charge < -0.3 is 10.1 Å². The molecule has 0 spiro atoms. The molecular weight excluding hydrogens is 130 g/mol. The second-order valence-corrected chi connectivity index (χ2v) is 2.02. The van der Waals surface area contributed by atoms with Crippen LogP contribution in [0.15, 0.2) is 11.8 Å². The summed E-state index contributed by atoms with van der Waals surface area (Å²) < 4.78 is 5.03. The van der Waals surface area contributed by atoms with Crippen LogP contribution in [0.5, 0.6) is 0 Å². The van der Waals surface area contributed by atoms with Crippen LogP contribution in [0, 0.1) is 5.41 Å². The first-order valence-electron chi connectivity index (χ1n) is 3.03. The van der Waals surface area contributed by atoms with E-state index in [0.29, 0.717) is 12.0 Å². The number of hydrogen-bond acceptors (Lipinski definition) is 3. The summed E-state index contributed by atoms with van der Waals surface area (Å²) in [5.41, 5.74) is 0. The highest BCUT2D eigenvalue weighted by atomic mass is 16.5. The minimum Gasteiger partial charge on any atom is -0.489 e. The molecule has 0 amide bonds.